The van der Waals surface area contributed by atoms with E-state index in [9.17, 15) is 4.79 Å². The lowest BCUT2D eigenvalue weighted by Gasteiger charge is -2.28. The second-order valence-electron chi connectivity index (χ2n) is 5.10. The maximum absolute atomic E-state index is 12.2. The summed E-state index contributed by atoms with van der Waals surface area (Å²) in [6, 6.07) is 8.00. The molecule has 0 saturated carbocycles. The Bertz CT molecular complexity index is 418. The number of benzene rings is 1. The van der Waals surface area contributed by atoms with E-state index >= 15 is 0 Å². The number of rotatable bonds is 4. The first-order valence-corrected chi connectivity index (χ1v) is 8.09. The molecule has 0 bridgehead atoms. The second-order valence-corrected chi connectivity index (χ2v) is 5.98. The Morgan fingerprint density at radius 2 is 2.10 bits per heavy atom. The van der Waals surface area contributed by atoms with Crippen LogP contribution < -0.4 is 10.6 Å². The van der Waals surface area contributed by atoms with Crippen LogP contribution in [-0.4, -0.2) is 31.3 Å². The highest BCUT2D eigenvalue weighted by Crippen LogP contribution is 2.17. The van der Waals surface area contributed by atoms with Crippen LogP contribution in [0.15, 0.2) is 29.2 Å². The summed E-state index contributed by atoms with van der Waals surface area (Å²) in [6.45, 7) is 4.21. The van der Waals surface area contributed by atoms with Crippen molar-refractivity contribution in [1.82, 2.24) is 10.6 Å². The number of nitrogens with one attached hydrogen (secondary N) is 2. The summed E-state index contributed by atoms with van der Waals surface area (Å²) in [5.41, 5.74) is 0.744. The van der Waals surface area contributed by atoms with Crippen molar-refractivity contribution in [2.75, 3.05) is 19.3 Å². The first-order valence-electron chi connectivity index (χ1n) is 6.86. The molecular weight excluding hydrogens is 292 g/mol. The van der Waals surface area contributed by atoms with Gasteiger partial charge in [-0.25, -0.2) is 0 Å². The molecule has 1 fully saturated rings. The average molecular weight is 315 g/mol. The van der Waals surface area contributed by atoms with E-state index < -0.39 is 0 Å². The van der Waals surface area contributed by atoms with Crippen LogP contribution in [0, 0.1) is 5.92 Å². The number of hydrogen-bond donors (Lipinski definition) is 2. The number of hydrogen-bond acceptors (Lipinski definition) is 3. The van der Waals surface area contributed by atoms with Crippen LogP contribution in [0.25, 0.3) is 0 Å². The first kappa shape index (κ1) is 17.3. The predicted molar refractivity (Wildman–Crippen MR) is 88.0 cm³/mol. The summed E-state index contributed by atoms with van der Waals surface area (Å²) in [5, 5.41) is 6.51. The molecule has 2 unspecified atom stereocenters. The van der Waals surface area contributed by atoms with Gasteiger partial charge >= 0.3 is 0 Å². The molecule has 1 heterocycles. The molecule has 1 aliphatic rings. The van der Waals surface area contributed by atoms with E-state index in [0.29, 0.717) is 5.92 Å². The van der Waals surface area contributed by atoms with E-state index in [1.165, 1.54) is 17.7 Å². The van der Waals surface area contributed by atoms with Gasteiger partial charge in [-0.1, -0.05) is 0 Å². The van der Waals surface area contributed by atoms with Crippen LogP contribution in [0.2, 0.25) is 0 Å². The Morgan fingerprint density at radius 3 is 2.65 bits per heavy atom. The Labute approximate surface area is 131 Å². The summed E-state index contributed by atoms with van der Waals surface area (Å²) in [6.07, 6.45) is 4.43. The van der Waals surface area contributed by atoms with Gasteiger partial charge in [0.1, 0.15) is 0 Å². The highest BCUT2D eigenvalue weighted by molar-refractivity contribution is 7.98. The van der Waals surface area contributed by atoms with Crippen LogP contribution >= 0.6 is 24.2 Å². The van der Waals surface area contributed by atoms with Crippen LogP contribution in [0.1, 0.15) is 30.1 Å². The highest BCUT2D eigenvalue weighted by Gasteiger charge is 2.21. The summed E-state index contributed by atoms with van der Waals surface area (Å²) >= 11 is 1.69. The SMILES string of the molecule is CSc1ccc(C(=O)NC(C)C2CCCNC2)cc1.Cl. The molecule has 2 rings (SSSR count). The van der Waals surface area contributed by atoms with Crippen molar-refractivity contribution in [2.45, 2.75) is 30.7 Å². The molecule has 0 spiro atoms. The maximum atomic E-state index is 12.2. The van der Waals surface area contributed by atoms with Crippen molar-refractivity contribution in [2.24, 2.45) is 5.92 Å². The zero-order chi connectivity index (χ0) is 13.7. The lowest BCUT2D eigenvalue weighted by molar-refractivity contribution is 0.0922. The van der Waals surface area contributed by atoms with E-state index in [2.05, 4.69) is 17.6 Å². The molecule has 1 aromatic rings. The van der Waals surface area contributed by atoms with Gasteiger partial charge < -0.3 is 10.6 Å². The molecule has 3 nitrogen and oxygen atoms in total. The van der Waals surface area contributed by atoms with E-state index in [4.69, 9.17) is 0 Å². The lowest BCUT2D eigenvalue weighted by Crippen LogP contribution is -2.44. The summed E-state index contributed by atoms with van der Waals surface area (Å²) in [4.78, 5) is 13.3. The number of carbonyl (C=O) groups excluding carboxylic acids is 1. The molecule has 20 heavy (non-hydrogen) atoms. The lowest BCUT2D eigenvalue weighted by atomic mass is 9.92. The van der Waals surface area contributed by atoms with Gasteiger partial charge in [0, 0.05) is 16.5 Å². The Hall–Kier alpha value is -0.710. The number of halogens is 1. The van der Waals surface area contributed by atoms with Crippen LogP contribution in [-0.2, 0) is 0 Å². The van der Waals surface area contributed by atoms with Crippen LogP contribution in [0.5, 0.6) is 0 Å². The molecule has 1 aromatic carbocycles. The normalized spacial score (nSPS) is 19.8. The van der Waals surface area contributed by atoms with Crippen molar-refractivity contribution in [3.8, 4) is 0 Å². The predicted octanol–water partition coefficient (Wildman–Crippen LogP) is 2.95. The molecule has 0 radical (unpaired) electrons. The van der Waals surface area contributed by atoms with Gasteiger partial charge in [-0.05, 0) is 69.3 Å². The van der Waals surface area contributed by atoms with Crippen molar-refractivity contribution in [3.05, 3.63) is 29.8 Å². The molecule has 1 saturated heterocycles. The molecule has 112 valence electrons. The van der Waals surface area contributed by atoms with Gasteiger partial charge in [0.2, 0.25) is 0 Å². The smallest absolute Gasteiger partial charge is 0.251 e. The van der Waals surface area contributed by atoms with Gasteiger partial charge in [-0.3, -0.25) is 4.79 Å². The quantitative estimate of drug-likeness (QED) is 0.840. The third-order valence-electron chi connectivity index (χ3n) is 3.75. The zero-order valence-corrected chi connectivity index (χ0v) is 13.7. The van der Waals surface area contributed by atoms with Crippen molar-refractivity contribution in [3.63, 3.8) is 0 Å². The molecule has 0 aromatic heterocycles. The van der Waals surface area contributed by atoms with E-state index in [0.717, 1.165) is 18.7 Å². The average Bonchev–Trinajstić information content (AvgIpc) is 2.48. The first-order chi connectivity index (χ1) is 9.20. The maximum Gasteiger partial charge on any atom is 0.251 e. The standard InChI is InChI=1S/C15H22N2OS.ClH/c1-11(13-4-3-9-16-10-13)17-15(18)12-5-7-14(19-2)8-6-12;/h5-8,11,13,16H,3-4,9-10H2,1-2H3,(H,17,18);1H. The van der Waals surface area contributed by atoms with Crippen molar-refractivity contribution in [1.29, 1.82) is 0 Å². The van der Waals surface area contributed by atoms with Gasteiger partial charge in [0.25, 0.3) is 5.91 Å². The van der Waals surface area contributed by atoms with Crippen LogP contribution in [0.3, 0.4) is 0 Å². The molecule has 5 heteroatoms. The fourth-order valence-electron chi connectivity index (χ4n) is 2.46. The number of thioether (sulfide) groups is 1. The molecule has 0 aliphatic carbocycles. The highest BCUT2D eigenvalue weighted by atomic mass is 35.5. The second kappa shape index (κ2) is 8.55. The van der Waals surface area contributed by atoms with Crippen LogP contribution in [0.4, 0.5) is 0 Å². The fraction of sp³-hybridized carbons (Fsp3) is 0.533. The zero-order valence-electron chi connectivity index (χ0n) is 12.0. The van der Waals surface area contributed by atoms with E-state index in [1.807, 2.05) is 30.5 Å². The minimum absolute atomic E-state index is 0. The Morgan fingerprint density at radius 1 is 1.40 bits per heavy atom. The monoisotopic (exact) mass is 314 g/mol. The number of amides is 1. The summed E-state index contributed by atoms with van der Waals surface area (Å²) in [7, 11) is 0. The minimum Gasteiger partial charge on any atom is -0.349 e. The molecule has 1 aliphatic heterocycles. The van der Waals surface area contributed by atoms with Gasteiger partial charge in [-0.15, -0.1) is 24.2 Å². The van der Waals surface area contributed by atoms with Gasteiger partial charge in [0.15, 0.2) is 0 Å². The Balaban J connectivity index is 0.00000200. The molecular formula is C15H23ClN2OS. The van der Waals surface area contributed by atoms with Gasteiger partial charge in [0.05, 0.1) is 0 Å². The summed E-state index contributed by atoms with van der Waals surface area (Å²) in [5.74, 6) is 0.578. The summed E-state index contributed by atoms with van der Waals surface area (Å²) < 4.78 is 0. The molecule has 2 N–H and O–H groups in total. The topological polar surface area (TPSA) is 41.1 Å². The van der Waals surface area contributed by atoms with Gasteiger partial charge in [-0.2, -0.15) is 0 Å². The Kier molecular flexibility index (Phi) is 7.41. The largest absolute Gasteiger partial charge is 0.349 e. The molecule has 1 amide bonds. The minimum atomic E-state index is 0. The van der Waals surface area contributed by atoms with Crippen molar-refractivity contribution >= 4 is 30.1 Å². The number of piperidine rings is 1. The van der Waals surface area contributed by atoms with Crippen molar-refractivity contribution < 1.29 is 4.79 Å². The fourth-order valence-corrected chi connectivity index (χ4v) is 2.86. The third kappa shape index (κ3) is 4.69. The molecule has 2 atom stereocenters. The van der Waals surface area contributed by atoms with E-state index in [-0.39, 0.29) is 24.4 Å². The number of carbonyl (C=O) groups is 1. The van der Waals surface area contributed by atoms with E-state index in [1.54, 1.807) is 11.8 Å². The third-order valence-corrected chi connectivity index (χ3v) is 4.50.